The van der Waals surface area contributed by atoms with Gasteiger partial charge in [0.15, 0.2) is 11.5 Å². The molecule has 1 saturated heterocycles. The molecular weight excluding hydrogens is 380 g/mol. The summed E-state index contributed by atoms with van der Waals surface area (Å²) in [7, 11) is 0. The molecule has 3 heterocycles. The van der Waals surface area contributed by atoms with E-state index in [1.807, 2.05) is 55.1 Å². The van der Waals surface area contributed by atoms with Gasteiger partial charge in [-0.3, -0.25) is 9.36 Å². The second-order valence-electron chi connectivity index (χ2n) is 7.56. The first-order chi connectivity index (χ1) is 14.5. The van der Waals surface area contributed by atoms with E-state index < -0.39 is 0 Å². The first kappa shape index (κ1) is 19.9. The fourth-order valence-corrected chi connectivity index (χ4v) is 3.87. The molecule has 2 aromatic heterocycles. The van der Waals surface area contributed by atoms with E-state index in [9.17, 15) is 9.59 Å². The third-order valence-electron chi connectivity index (χ3n) is 5.41. The van der Waals surface area contributed by atoms with Crippen molar-refractivity contribution in [3.63, 3.8) is 0 Å². The maximum absolute atomic E-state index is 12.9. The van der Waals surface area contributed by atoms with Gasteiger partial charge in [-0.25, -0.2) is 14.8 Å². The molecule has 0 aliphatic carbocycles. The number of benzene rings is 1. The van der Waals surface area contributed by atoms with Gasteiger partial charge in [0.05, 0.1) is 0 Å². The third-order valence-corrected chi connectivity index (χ3v) is 5.41. The van der Waals surface area contributed by atoms with Gasteiger partial charge >= 0.3 is 6.03 Å². The Hall–Kier alpha value is -3.42. The number of fused-ring (bicyclic) bond motifs is 1. The lowest BCUT2D eigenvalue weighted by molar-refractivity contribution is 0.246. The zero-order chi connectivity index (χ0) is 21.1. The van der Waals surface area contributed by atoms with Crippen molar-refractivity contribution < 1.29 is 4.79 Å². The molecule has 30 heavy (non-hydrogen) atoms. The summed E-state index contributed by atoms with van der Waals surface area (Å²) < 4.78 is 1.66. The zero-order valence-electron chi connectivity index (χ0n) is 17.3. The van der Waals surface area contributed by atoms with Crippen LogP contribution >= 0.6 is 0 Å². The Bertz CT molecular complexity index is 1120. The quantitative estimate of drug-likeness (QED) is 0.695. The highest BCUT2D eigenvalue weighted by Crippen LogP contribution is 2.18. The van der Waals surface area contributed by atoms with Gasteiger partial charge in [0.1, 0.15) is 5.52 Å². The van der Waals surface area contributed by atoms with Crippen molar-refractivity contribution in [2.45, 2.75) is 39.3 Å². The second kappa shape index (κ2) is 8.52. The molecule has 0 saturated carbocycles. The molecular formula is C22H26N6O2. The molecule has 0 unspecified atom stereocenters. The third kappa shape index (κ3) is 4.12. The summed E-state index contributed by atoms with van der Waals surface area (Å²) in [4.78, 5) is 36.2. The number of aromatic nitrogens is 3. The summed E-state index contributed by atoms with van der Waals surface area (Å²) in [6, 6.07) is 11.3. The van der Waals surface area contributed by atoms with Crippen LogP contribution in [0.1, 0.15) is 25.3 Å². The Kier molecular flexibility index (Phi) is 5.65. The smallest absolute Gasteiger partial charge is 0.319 e. The molecule has 1 fully saturated rings. The van der Waals surface area contributed by atoms with Gasteiger partial charge in [-0.1, -0.05) is 12.1 Å². The Morgan fingerprint density at radius 2 is 2.00 bits per heavy atom. The van der Waals surface area contributed by atoms with Crippen LogP contribution in [-0.2, 0) is 6.54 Å². The fourth-order valence-electron chi connectivity index (χ4n) is 3.87. The van der Waals surface area contributed by atoms with E-state index in [0.29, 0.717) is 36.6 Å². The van der Waals surface area contributed by atoms with E-state index in [4.69, 9.17) is 0 Å². The minimum absolute atomic E-state index is 0.0570. The number of carbonyl (C=O) groups is 1. The summed E-state index contributed by atoms with van der Waals surface area (Å²) in [6.45, 7) is 5.78. The maximum atomic E-state index is 12.9. The lowest BCUT2D eigenvalue weighted by Crippen LogP contribution is -2.47. The van der Waals surface area contributed by atoms with Crippen LogP contribution in [0.2, 0.25) is 0 Å². The molecule has 2 N–H and O–H groups in total. The van der Waals surface area contributed by atoms with Crippen molar-refractivity contribution >= 4 is 28.7 Å². The van der Waals surface area contributed by atoms with E-state index in [1.54, 1.807) is 10.8 Å². The van der Waals surface area contributed by atoms with Crippen LogP contribution in [0.15, 0.2) is 47.4 Å². The Balaban J connectivity index is 1.42. The minimum atomic E-state index is -0.206. The van der Waals surface area contributed by atoms with Gasteiger partial charge in [0, 0.05) is 37.6 Å². The molecule has 4 rings (SSSR count). The number of urea groups is 1. The number of amides is 2. The average molecular weight is 406 g/mol. The molecule has 1 aromatic carbocycles. The summed E-state index contributed by atoms with van der Waals surface area (Å²) >= 11 is 0. The van der Waals surface area contributed by atoms with Crippen molar-refractivity contribution in [1.29, 1.82) is 0 Å². The molecule has 0 radical (unpaired) electrons. The molecule has 3 aromatic rings. The topological polar surface area (TPSA) is 92.2 Å². The first-order valence-corrected chi connectivity index (χ1v) is 10.3. The number of nitrogens with one attached hydrogen (secondary N) is 2. The second-order valence-corrected chi connectivity index (χ2v) is 7.56. The largest absolute Gasteiger partial charge is 0.352 e. The van der Waals surface area contributed by atoms with Crippen molar-refractivity contribution in [3.8, 4) is 0 Å². The van der Waals surface area contributed by atoms with Gasteiger partial charge < -0.3 is 15.5 Å². The van der Waals surface area contributed by atoms with Crippen LogP contribution in [-0.4, -0.2) is 39.7 Å². The van der Waals surface area contributed by atoms with E-state index in [2.05, 4.69) is 20.6 Å². The van der Waals surface area contributed by atoms with Crippen LogP contribution in [0.3, 0.4) is 0 Å². The van der Waals surface area contributed by atoms with Crippen molar-refractivity contribution in [2.24, 2.45) is 0 Å². The highest BCUT2D eigenvalue weighted by atomic mass is 16.2. The number of nitrogens with zero attached hydrogens (tertiary/aromatic N) is 4. The van der Waals surface area contributed by atoms with Gasteiger partial charge in [-0.15, -0.1) is 0 Å². The number of hydrogen-bond donors (Lipinski definition) is 2. The number of anilines is 2. The highest BCUT2D eigenvalue weighted by molar-refractivity contribution is 5.89. The van der Waals surface area contributed by atoms with Crippen LogP contribution in [0.25, 0.3) is 11.2 Å². The van der Waals surface area contributed by atoms with Gasteiger partial charge in [-0.2, -0.15) is 0 Å². The predicted octanol–water partition coefficient (Wildman–Crippen LogP) is 2.91. The molecule has 0 spiro atoms. The first-order valence-electron chi connectivity index (χ1n) is 10.3. The summed E-state index contributed by atoms with van der Waals surface area (Å²) in [6.07, 6.45) is 3.17. The van der Waals surface area contributed by atoms with Crippen molar-refractivity contribution in [2.75, 3.05) is 23.3 Å². The number of hydrogen-bond acceptors (Lipinski definition) is 5. The molecule has 0 bridgehead atoms. The molecule has 2 amide bonds. The van der Waals surface area contributed by atoms with Crippen LogP contribution < -0.4 is 21.1 Å². The molecule has 0 atom stereocenters. The van der Waals surface area contributed by atoms with E-state index in [0.717, 1.165) is 24.1 Å². The average Bonchev–Trinajstić information content (AvgIpc) is 2.74. The number of pyridine rings is 1. The summed E-state index contributed by atoms with van der Waals surface area (Å²) in [5.41, 5.74) is 3.08. The zero-order valence-corrected chi connectivity index (χ0v) is 17.3. The maximum Gasteiger partial charge on any atom is 0.319 e. The van der Waals surface area contributed by atoms with Gasteiger partial charge in [0.25, 0.3) is 5.56 Å². The molecule has 156 valence electrons. The SMILES string of the molecule is CCn1c(=O)c(N2CCC(NC(=O)Nc3cccc(C)c3)CC2)nc2cccnc21. The number of piperidine rings is 1. The van der Waals surface area contributed by atoms with Crippen molar-refractivity contribution in [1.82, 2.24) is 19.9 Å². The van der Waals surface area contributed by atoms with E-state index >= 15 is 0 Å². The van der Waals surface area contributed by atoms with Crippen molar-refractivity contribution in [3.05, 3.63) is 58.5 Å². The summed E-state index contributed by atoms with van der Waals surface area (Å²) in [5.74, 6) is 0.458. The minimum Gasteiger partial charge on any atom is -0.352 e. The number of rotatable bonds is 4. The monoisotopic (exact) mass is 406 g/mol. The van der Waals surface area contributed by atoms with Crippen LogP contribution in [0.4, 0.5) is 16.3 Å². The number of aryl methyl sites for hydroxylation is 2. The Labute approximate surface area is 175 Å². The molecule has 1 aliphatic heterocycles. The number of carbonyl (C=O) groups excluding carboxylic acids is 1. The fraction of sp³-hybridized carbons (Fsp3) is 0.364. The Morgan fingerprint density at radius 1 is 1.20 bits per heavy atom. The van der Waals surface area contributed by atoms with E-state index in [-0.39, 0.29) is 17.6 Å². The van der Waals surface area contributed by atoms with Crippen LogP contribution in [0, 0.1) is 6.92 Å². The molecule has 1 aliphatic rings. The van der Waals surface area contributed by atoms with Crippen LogP contribution in [0.5, 0.6) is 0 Å². The lowest BCUT2D eigenvalue weighted by atomic mass is 10.1. The van der Waals surface area contributed by atoms with E-state index in [1.165, 1.54) is 0 Å². The van der Waals surface area contributed by atoms with Gasteiger partial charge in [-0.05, 0) is 56.5 Å². The lowest BCUT2D eigenvalue weighted by Gasteiger charge is -2.33. The molecule has 8 heteroatoms. The summed E-state index contributed by atoms with van der Waals surface area (Å²) in [5, 5.41) is 5.92. The standard InChI is InChI=1S/C22H26N6O2/c1-3-28-19-18(8-5-11-23-19)26-20(21(28)29)27-12-9-16(10-13-27)24-22(30)25-17-7-4-6-15(2)14-17/h4-8,11,14,16H,3,9-10,12-13H2,1-2H3,(H2,24,25,30). The van der Waals surface area contributed by atoms with Gasteiger partial charge in [0.2, 0.25) is 0 Å². The Morgan fingerprint density at radius 3 is 2.73 bits per heavy atom. The highest BCUT2D eigenvalue weighted by Gasteiger charge is 2.24. The normalized spacial score (nSPS) is 14.7. The predicted molar refractivity (Wildman–Crippen MR) is 118 cm³/mol. The molecule has 8 nitrogen and oxygen atoms in total.